The third-order valence-corrected chi connectivity index (χ3v) is 1.36. The van der Waals surface area contributed by atoms with Gasteiger partial charge >= 0.3 is 0 Å². The zero-order valence-electron chi connectivity index (χ0n) is 7.25. The van der Waals surface area contributed by atoms with Crippen molar-refractivity contribution in [3.8, 4) is 0 Å². The van der Waals surface area contributed by atoms with E-state index in [2.05, 4.69) is 20.0 Å². The fourth-order valence-corrected chi connectivity index (χ4v) is 0.761. The molecule has 66 valence electrons. The van der Waals surface area contributed by atoms with Crippen molar-refractivity contribution < 1.29 is 0 Å². The third kappa shape index (κ3) is 3.35. The summed E-state index contributed by atoms with van der Waals surface area (Å²) in [5.74, 6) is 0.743. The van der Waals surface area contributed by atoms with Gasteiger partial charge in [0, 0.05) is 29.4 Å². The highest BCUT2D eigenvalue weighted by Crippen LogP contribution is 1.97. The van der Waals surface area contributed by atoms with Crippen molar-refractivity contribution in [1.29, 1.82) is 0 Å². The van der Waals surface area contributed by atoms with Gasteiger partial charge in [-0.25, -0.2) is 9.97 Å². The molecule has 0 bridgehead atoms. The Balaban J connectivity index is 2.58. The molecule has 0 fully saturated rings. The van der Waals surface area contributed by atoms with Crippen LogP contribution in [0.1, 0.15) is 11.4 Å². The molecule has 5 heteroatoms. The maximum absolute atomic E-state index is 8.00. The number of hydrogen-bond donors (Lipinski definition) is 0. The van der Waals surface area contributed by atoms with E-state index in [0.717, 1.165) is 11.4 Å². The smallest absolute Gasteiger partial charge is 0.125 e. The quantitative estimate of drug-likeness (QED) is 0.400. The Labute approximate surface area is 75.8 Å². The van der Waals surface area contributed by atoms with Crippen LogP contribution >= 0.6 is 0 Å². The SMILES string of the molecule is Cc1ncc(C=CCN=[N+]=[N-])cn1. The first kappa shape index (κ1) is 9.22. The Morgan fingerprint density at radius 2 is 2.23 bits per heavy atom. The normalized spacial score (nSPS) is 9.92. The summed E-state index contributed by atoms with van der Waals surface area (Å²) >= 11 is 0. The van der Waals surface area contributed by atoms with Gasteiger partial charge in [-0.2, -0.15) is 0 Å². The second kappa shape index (κ2) is 4.90. The molecule has 0 saturated heterocycles. The fourth-order valence-electron chi connectivity index (χ4n) is 0.761. The summed E-state index contributed by atoms with van der Waals surface area (Å²) in [4.78, 5) is 10.6. The lowest BCUT2D eigenvalue weighted by Crippen LogP contribution is -1.86. The first-order valence-electron chi connectivity index (χ1n) is 3.79. The lowest BCUT2D eigenvalue weighted by Gasteiger charge is -1.91. The van der Waals surface area contributed by atoms with Crippen molar-refractivity contribution in [2.75, 3.05) is 6.54 Å². The Bertz CT molecular complexity index is 334. The molecule has 0 aliphatic carbocycles. The van der Waals surface area contributed by atoms with E-state index in [-0.39, 0.29) is 0 Å². The van der Waals surface area contributed by atoms with Gasteiger partial charge < -0.3 is 0 Å². The van der Waals surface area contributed by atoms with Gasteiger partial charge in [-0.1, -0.05) is 17.3 Å². The summed E-state index contributed by atoms with van der Waals surface area (Å²) in [7, 11) is 0. The van der Waals surface area contributed by atoms with Crippen molar-refractivity contribution >= 4 is 6.08 Å². The molecule has 0 N–H and O–H groups in total. The number of azide groups is 1. The molecule has 1 heterocycles. The molecule has 1 aromatic heterocycles. The Hall–Kier alpha value is -1.87. The fraction of sp³-hybridized carbons (Fsp3) is 0.250. The van der Waals surface area contributed by atoms with Crippen LogP contribution in [-0.2, 0) is 0 Å². The zero-order chi connectivity index (χ0) is 9.52. The molecule has 1 rings (SSSR count). The van der Waals surface area contributed by atoms with Crippen LogP contribution in [0.2, 0.25) is 0 Å². The summed E-state index contributed by atoms with van der Waals surface area (Å²) in [6.45, 7) is 2.18. The molecule has 0 aliphatic heterocycles. The summed E-state index contributed by atoms with van der Waals surface area (Å²) in [6.07, 6.45) is 7.01. The van der Waals surface area contributed by atoms with Gasteiger partial charge in [-0.15, -0.1) is 0 Å². The van der Waals surface area contributed by atoms with Crippen LogP contribution in [0.5, 0.6) is 0 Å². The number of rotatable bonds is 3. The maximum Gasteiger partial charge on any atom is 0.125 e. The minimum absolute atomic E-state index is 0.352. The number of aromatic nitrogens is 2. The second-order valence-electron chi connectivity index (χ2n) is 2.38. The third-order valence-electron chi connectivity index (χ3n) is 1.36. The van der Waals surface area contributed by atoms with Crippen molar-refractivity contribution in [2.24, 2.45) is 5.11 Å². The Morgan fingerprint density at radius 1 is 1.54 bits per heavy atom. The van der Waals surface area contributed by atoms with Crippen LogP contribution < -0.4 is 0 Å². The molecule has 0 saturated carbocycles. The highest BCUT2D eigenvalue weighted by molar-refractivity contribution is 5.46. The van der Waals surface area contributed by atoms with Gasteiger partial charge in [0.15, 0.2) is 0 Å². The van der Waals surface area contributed by atoms with Gasteiger partial charge in [-0.05, 0) is 12.5 Å². The zero-order valence-corrected chi connectivity index (χ0v) is 7.25. The summed E-state index contributed by atoms with van der Waals surface area (Å²) in [5, 5.41) is 3.36. The van der Waals surface area contributed by atoms with Gasteiger partial charge in [-0.3, -0.25) is 0 Å². The minimum Gasteiger partial charge on any atom is -0.241 e. The number of hydrogen-bond acceptors (Lipinski definition) is 3. The van der Waals surface area contributed by atoms with E-state index in [4.69, 9.17) is 5.53 Å². The van der Waals surface area contributed by atoms with E-state index in [1.807, 2.05) is 13.0 Å². The largest absolute Gasteiger partial charge is 0.241 e. The van der Waals surface area contributed by atoms with Crippen molar-refractivity contribution in [1.82, 2.24) is 9.97 Å². The molecule has 5 nitrogen and oxygen atoms in total. The molecule has 0 aromatic carbocycles. The predicted molar refractivity (Wildman–Crippen MR) is 49.8 cm³/mol. The molecular formula is C8H9N5. The molecule has 0 radical (unpaired) electrons. The highest BCUT2D eigenvalue weighted by atomic mass is 15.1. The van der Waals surface area contributed by atoms with Gasteiger partial charge in [0.1, 0.15) is 5.82 Å². The monoisotopic (exact) mass is 175 g/mol. The lowest BCUT2D eigenvalue weighted by atomic mass is 10.3. The highest BCUT2D eigenvalue weighted by Gasteiger charge is 1.87. The maximum atomic E-state index is 8.00. The molecule has 0 aliphatic rings. The van der Waals surface area contributed by atoms with Gasteiger partial charge in [0.25, 0.3) is 0 Å². The molecular weight excluding hydrogens is 166 g/mol. The summed E-state index contributed by atoms with van der Waals surface area (Å²) in [6, 6.07) is 0. The molecule has 0 unspecified atom stereocenters. The average molecular weight is 175 g/mol. The van der Waals surface area contributed by atoms with Crippen molar-refractivity contribution in [3.63, 3.8) is 0 Å². The van der Waals surface area contributed by atoms with Gasteiger partial charge in [0.2, 0.25) is 0 Å². The Kier molecular flexibility index (Phi) is 3.47. The van der Waals surface area contributed by atoms with Gasteiger partial charge in [0.05, 0.1) is 0 Å². The van der Waals surface area contributed by atoms with E-state index in [9.17, 15) is 0 Å². The molecule has 0 atom stereocenters. The van der Waals surface area contributed by atoms with Crippen LogP contribution in [0.4, 0.5) is 0 Å². The van der Waals surface area contributed by atoms with E-state index < -0.39 is 0 Å². The molecule has 1 aromatic rings. The van der Waals surface area contributed by atoms with Crippen molar-refractivity contribution in [3.05, 3.63) is 40.3 Å². The van der Waals surface area contributed by atoms with Crippen LogP contribution in [0.15, 0.2) is 23.6 Å². The Morgan fingerprint density at radius 3 is 2.85 bits per heavy atom. The van der Waals surface area contributed by atoms with Crippen LogP contribution in [0, 0.1) is 6.92 Å². The first-order valence-corrected chi connectivity index (χ1v) is 3.79. The van der Waals surface area contributed by atoms with E-state index >= 15 is 0 Å². The van der Waals surface area contributed by atoms with Crippen molar-refractivity contribution in [2.45, 2.75) is 6.92 Å². The molecule has 13 heavy (non-hydrogen) atoms. The predicted octanol–water partition coefficient (Wildman–Crippen LogP) is 2.11. The average Bonchev–Trinajstić information content (AvgIpc) is 2.15. The summed E-state index contributed by atoms with van der Waals surface area (Å²) in [5.41, 5.74) is 8.90. The van der Waals surface area contributed by atoms with Crippen LogP contribution in [0.3, 0.4) is 0 Å². The topological polar surface area (TPSA) is 74.5 Å². The number of aryl methyl sites for hydroxylation is 1. The van der Waals surface area contributed by atoms with E-state index in [0.29, 0.717) is 6.54 Å². The minimum atomic E-state index is 0.352. The summed E-state index contributed by atoms with van der Waals surface area (Å²) < 4.78 is 0. The number of nitrogens with zero attached hydrogens (tertiary/aromatic N) is 5. The van der Waals surface area contributed by atoms with E-state index in [1.165, 1.54) is 0 Å². The molecule has 0 spiro atoms. The van der Waals surface area contributed by atoms with Crippen LogP contribution in [0.25, 0.3) is 16.5 Å². The first-order chi connectivity index (χ1) is 6.33. The van der Waals surface area contributed by atoms with E-state index in [1.54, 1.807) is 18.5 Å². The lowest BCUT2D eigenvalue weighted by molar-refractivity contribution is 1.05. The van der Waals surface area contributed by atoms with Crippen LogP contribution in [-0.4, -0.2) is 16.5 Å². The second-order valence-corrected chi connectivity index (χ2v) is 2.38. The standard InChI is InChI=1S/C8H9N5/c1-7-10-5-8(6-11-7)3-2-4-12-13-9/h2-3,5-6H,4H2,1H3. The molecule has 0 amide bonds.